The second-order valence-electron chi connectivity index (χ2n) is 18.4. The number of ether oxygens (including phenoxy) is 2. The molecule has 16 nitrogen and oxygen atoms in total. The van der Waals surface area contributed by atoms with Crippen molar-refractivity contribution in [3.05, 3.63) is 153 Å². The van der Waals surface area contributed by atoms with Gasteiger partial charge in [0.2, 0.25) is 0 Å². The van der Waals surface area contributed by atoms with Crippen molar-refractivity contribution >= 4 is 23.5 Å². The lowest BCUT2D eigenvalue weighted by Gasteiger charge is -2.33. The summed E-state index contributed by atoms with van der Waals surface area (Å²) in [5.74, 6) is 2.71. The third-order valence-corrected chi connectivity index (χ3v) is 13.4. The number of carbonyl (C=O) groups excluding carboxylic acids is 2. The monoisotopic (exact) mass is 936 g/mol. The average Bonchev–Trinajstić information content (AvgIpc) is 3.39. The number of aryl methyl sites for hydroxylation is 4. The summed E-state index contributed by atoms with van der Waals surface area (Å²) >= 11 is 0. The van der Waals surface area contributed by atoms with Crippen LogP contribution in [0.15, 0.2) is 97.3 Å². The number of nitrogens with zero attached hydrogens (tertiary/aromatic N) is 10. The van der Waals surface area contributed by atoms with Gasteiger partial charge in [0, 0.05) is 87.7 Å². The molecule has 4 aliphatic rings. The SMILES string of the molecule is Cc1cc(C(=O)NC2CCc3ncccc3C2)nnc1N1CCC(Oc2cccc(C#N)c2)CC1.Cc1cc(C(=O)NC2CCc3ncccc3C2)nnc1N1CCC(Oc2cccc(C#N)c2)CC1. The number of carbonyl (C=O) groups is 2. The van der Waals surface area contributed by atoms with Crippen molar-refractivity contribution in [2.75, 3.05) is 36.0 Å². The van der Waals surface area contributed by atoms with Gasteiger partial charge in [-0.05, 0) is 135 Å². The zero-order valence-corrected chi connectivity index (χ0v) is 39.6. The van der Waals surface area contributed by atoms with Gasteiger partial charge in [0.05, 0.1) is 23.3 Å². The molecular formula is C54H56N12O4. The Hall–Kier alpha value is -7.98. The number of nitrogens with one attached hydrogen (secondary N) is 2. The minimum absolute atomic E-state index is 0.0777. The number of anilines is 2. The fourth-order valence-electron chi connectivity index (χ4n) is 9.72. The molecule has 2 N–H and O–H groups in total. The quantitative estimate of drug-likeness (QED) is 0.145. The van der Waals surface area contributed by atoms with Gasteiger partial charge in [0.15, 0.2) is 23.0 Å². The topological polar surface area (TPSA) is 208 Å². The number of piperidine rings is 2. The summed E-state index contributed by atoms with van der Waals surface area (Å²) in [4.78, 5) is 38.9. The van der Waals surface area contributed by atoms with Crippen molar-refractivity contribution in [3.63, 3.8) is 0 Å². The Balaban J connectivity index is 0.000000174. The third kappa shape index (κ3) is 11.6. The molecule has 2 amide bonds. The minimum Gasteiger partial charge on any atom is -0.490 e. The number of rotatable bonds is 10. The van der Waals surface area contributed by atoms with E-state index in [4.69, 9.17) is 20.0 Å². The molecule has 2 atom stereocenters. The first kappa shape index (κ1) is 47.1. The van der Waals surface area contributed by atoms with Gasteiger partial charge in [0.1, 0.15) is 23.7 Å². The molecular weight excluding hydrogens is 881 g/mol. The van der Waals surface area contributed by atoms with Crippen molar-refractivity contribution < 1.29 is 19.1 Å². The Bertz CT molecular complexity index is 2720. The zero-order valence-electron chi connectivity index (χ0n) is 39.6. The number of aromatic nitrogens is 6. The summed E-state index contributed by atoms with van der Waals surface area (Å²) in [7, 11) is 0. The summed E-state index contributed by atoms with van der Waals surface area (Å²) in [5.41, 5.74) is 8.41. The second kappa shape index (κ2) is 22.0. The number of amides is 2. The number of hydrogen-bond donors (Lipinski definition) is 2. The maximum atomic E-state index is 12.8. The van der Waals surface area contributed by atoms with Crippen LogP contribution in [-0.4, -0.2) is 92.6 Å². The lowest BCUT2D eigenvalue weighted by molar-refractivity contribution is 0.0919. The van der Waals surface area contributed by atoms with E-state index in [1.54, 1.807) is 24.3 Å². The Morgan fingerprint density at radius 2 is 1.00 bits per heavy atom. The predicted molar refractivity (Wildman–Crippen MR) is 263 cm³/mol. The van der Waals surface area contributed by atoms with Gasteiger partial charge < -0.3 is 29.9 Å². The highest BCUT2D eigenvalue weighted by atomic mass is 16.5. The summed E-state index contributed by atoms with van der Waals surface area (Å²) in [6.45, 7) is 7.11. The lowest BCUT2D eigenvalue weighted by atomic mass is 9.92. The van der Waals surface area contributed by atoms with E-state index in [1.807, 2.05) is 74.8 Å². The van der Waals surface area contributed by atoms with Gasteiger partial charge in [0.25, 0.3) is 11.8 Å². The largest absolute Gasteiger partial charge is 0.490 e. The zero-order chi connectivity index (χ0) is 48.4. The third-order valence-electron chi connectivity index (χ3n) is 13.4. The summed E-state index contributed by atoms with van der Waals surface area (Å²) in [6, 6.07) is 30.7. The molecule has 2 aliphatic carbocycles. The smallest absolute Gasteiger partial charge is 0.272 e. The number of benzene rings is 2. The van der Waals surface area contributed by atoms with Crippen molar-refractivity contribution in [1.29, 1.82) is 10.5 Å². The van der Waals surface area contributed by atoms with E-state index in [2.05, 4.69) is 75.1 Å². The van der Waals surface area contributed by atoms with Gasteiger partial charge in [-0.2, -0.15) is 10.5 Å². The van der Waals surface area contributed by atoms with Gasteiger partial charge in [-0.25, -0.2) is 0 Å². The lowest BCUT2D eigenvalue weighted by Crippen LogP contribution is -2.40. The van der Waals surface area contributed by atoms with Crippen LogP contribution in [0.5, 0.6) is 11.5 Å². The maximum absolute atomic E-state index is 12.8. The fourth-order valence-corrected chi connectivity index (χ4v) is 9.72. The molecule has 0 spiro atoms. The number of hydrogen-bond acceptors (Lipinski definition) is 14. The molecule has 0 radical (unpaired) electrons. The van der Waals surface area contributed by atoms with Crippen LogP contribution in [0, 0.1) is 36.5 Å². The molecule has 2 unspecified atom stereocenters. The Kier molecular flexibility index (Phi) is 14.8. The van der Waals surface area contributed by atoms with Crippen LogP contribution in [-0.2, 0) is 25.7 Å². The molecule has 4 aromatic heterocycles. The molecule has 356 valence electrons. The first-order valence-corrected chi connectivity index (χ1v) is 24.2. The van der Waals surface area contributed by atoms with E-state index >= 15 is 0 Å². The normalized spacial score (nSPS) is 17.8. The number of pyridine rings is 2. The Morgan fingerprint density at radius 1 is 0.571 bits per heavy atom. The van der Waals surface area contributed by atoms with E-state index in [-0.39, 0.29) is 36.1 Å². The molecule has 6 aromatic rings. The van der Waals surface area contributed by atoms with E-state index in [0.29, 0.717) is 22.5 Å². The highest BCUT2D eigenvalue weighted by Gasteiger charge is 2.28. The highest BCUT2D eigenvalue weighted by molar-refractivity contribution is 5.93. The van der Waals surface area contributed by atoms with E-state index in [1.165, 1.54) is 11.1 Å². The molecule has 6 heterocycles. The molecule has 2 fully saturated rings. The summed E-state index contributed by atoms with van der Waals surface area (Å²) < 4.78 is 12.2. The van der Waals surface area contributed by atoms with Crippen LogP contribution < -0.4 is 29.9 Å². The van der Waals surface area contributed by atoms with Gasteiger partial charge in [-0.15, -0.1) is 20.4 Å². The molecule has 16 heteroatoms. The van der Waals surface area contributed by atoms with Crippen LogP contribution in [0.4, 0.5) is 11.6 Å². The standard InChI is InChI=1S/2C27H28N6O2/c2*1-18-14-25(27(34)30-21-7-8-24-20(16-21)5-3-11-29-24)31-32-26(18)33-12-9-22(10-13-33)35-23-6-2-4-19(15-23)17-28/h2*2-6,11,14-15,21-22H,7-10,12-13,16H2,1H3,(H,30,34). The molecule has 2 saturated heterocycles. The van der Waals surface area contributed by atoms with Crippen molar-refractivity contribution in [2.24, 2.45) is 0 Å². The Morgan fingerprint density at radius 3 is 1.40 bits per heavy atom. The molecule has 2 aromatic carbocycles. The molecule has 2 aliphatic heterocycles. The summed E-state index contributed by atoms with van der Waals surface area (Å²) in [6.07, 6.45) is 12.3. The van der Waals surface area contributed by atoms with Crippen LogP contribution in [0.2, 0.25) is 0 Å². The van der Waals surface area contributed by atoms with Crippen LogP contribution in [0.3, 0.4) is 0 Å². The van der Waals surface area contributed by atoms with Gasteiger partial charge in [-0.1, -0.05) is 24.3 Å². The first-order chi connectivity index (χ1) is 34.2. The van der Waals surface area contributed by atoms with Crippen LogP contribution in [0.1, 0.15) is 104 Å². The number of nitriles is 2. The second-order valence-corrected chi connectivity index (χ2v) is 18.4. The molecule has 0 saturated carbocycles. The molecule has 10 rings (SSSR count). The first-order valence-electron chi connectivity index (χ1n) is 24.2. The maximum Gasteiger partial charge on any atom is 0.272 e. The van der Waals surface area contributed by atoms with E-state index < -0.39 is 0 Å². The summed E-state index contributed by atoms with van der Waals surface area (Å²) in [5, 5.41) is 41.7. The number of fused-ring (bicyclic) bond motifs is 2. The van der Waals surface area contributed by atoms with Crippen molar-refractivity contribution in [3.8, 4) is 23.6 Å². The fraction of sp³-hybridized carbons (Fsp3) is 0.370. The van der Waals surface area contributed by atoms with Crippen LogP contribution >= 0.6 is 0 Å². The molecule has 0 bridgehead atoms. The van der Waals surface area contributed by atoms with Crippen molar-refractivity contribution in [1.82, 2.24) is 41.0 Å². The van der Waals surface area contributed by atoms with Gasteiger partial charge in [-0.3, -0.25) is 19.6 Å². The Labute approximate surface area is 408 Å². The van der Waals surface area contributed by atoms with Crippen LogP contribution in [0.25, 0.3) is 0 Å². The average molecular weight is 937 g/mol. The van der Waals surface area contributed by atoms with E-state index in [0.717, 1.165) is 136 Å². The highest BCUT2D eigenvalue weighted by Crippen LogP contribution is 2.28. The van der Waals surface area contributed by atoms with E-state index in [9.17, 15) is 9.59 Å². The minimum atomic E-state index is -0.184. The van der Waals surface area contributed by atoms with Crippen molar-refractivity contribution in [2.45, 2.75) is 102 Å². The molecule has 70 heavy (non-hydrogen) atoms. The van der Waals surface area contributed by atoms with Gasteiger partial charge >= 0.3 is 0 Å². The predicted octanol–water partition coefficient (Wildman–Crippen LogP) is 6.77.